The van der Waals surface area contributed by atoms with Gasteiger partial charge in [0, 0.05) is 37.8 Å². The number of aromatic nitrogens is 1. The van der Waals surface area contributed by atoms with Crippen LogP contribution in [0.3, 0.4) is 0 Å². The Labute approximate surface area is 243 Å². The standard InChI is InChI=1S/C30H36N6O6/c1-2-3-15-42-30(41)35-24(28(39)40)18-33-27(38)23-19-36(14-11-20-7-5-4-6-8-20)25-16-21(9-10-22(25)26(23)37)17-34-29-31-12-13-32-29/h4-10,16,19,24H,2-3,11-15,17-18H2,1H3,(H,33,38)(H,35,41)(H,39,40)(H2,31,32,34). The van der Waals surface area contributed by atoms with Gasteiger partial charge in [-0.25, -0.2) is 9.59 Å². The molecule has 0 fully saturated rings. The molecule has 42 heavy (non-hydrogen) atoms. The van der Waals surface area contributed by atoms with Gasteiger partial charge in [-0.15, -0.1) is 0 Å². The van der Waals surface area contributed by atoms with Crippen LogP contribution in [0, 0.1) is 0 Å². The van der Waals surface area contributed by atoms with Crippen molar-refractivity contribution in [2.75, 3.05) is 26.2 Å². The summed E-state index contributed by atoms with van der Waals surface area (Å²) in [4.78, 5) is 54.6. The van der Waals surface area contributed by atoms with Gasteiger partial charge in [-0.2, -0.15) is 0 Å². The number of hydrogen-bond acceptors (Lipinski definition) is 8. The van der Waals surface area contributed by atoms with Gasteiger partial charge in [0.2, 0.25) is 5.43 Å². The molecule has 1 aliphatic heterocycles. The summed E-state index contributed by atoms with van der Waals surface area (Å²) in [6.45, 7) is 4.16. The van der Waals surface area contributed by atoms with Gasteiger partial charge in [0.05, 0.1) is 18.7 Å². The molecule has 0 radical (unpaired) electrons. The summed E-state index contributed by atoms with van der Waals surface area (Å²) in [5.41, 5.74) is 2.11. The summed E-state index contributed by atoms with van der Waals surface area (Å²) in [6, 6.07) is 13.9. The van der Waals surface area contributed by atoms with Crippen molar-refractivity contribution in [2.24, 2.45) is 4.99 Å². The third kappa shape index (κ3) is 8.09. The number of unbranched alkanes of at least 4 members (excludes halogenated alkanes) is 1. The van der Waals surface area contributed by atoms with Gasteiger partial charge in [0.25, 0.3) is 5.91 Å². The van der Waals surface area contributed by atoms with Crippen LogP contribution in [0.1, 0.15) is 41.3 Å². The maximum absolute atomic E-state index is 13.5. The fourth-order valence-electron chi connectivity index (χ4n) is 4.47. The van der Waals surface area contributed by atoms with E-state index in [0.717, 1.165) is 36.6 Å². The van der Waals surface area contributed by atoms with E-state index in [9.17, 15) is 24.3 Å². The number of rotatable bonds is 13. The Bertz CT molecular complexity index is 1500. The van der Waals surface area contributed by atoms with E-state index in [1.165, 1.54) is 6.20 Å². The van der Waals surface area contributed by atoms with Crippen molar-refractivity contribution in [3.8, 4) is 0 Å². The zero-order valence-electron chi connectivity index (χ0n) is 23.5. The molecule has 12 heteroatoms. The van der Waals surface area contributed by atoms with Gasteiger partial charge in [-0.1, -0.05) is 49.7 Å². The molecule has 12 nitrogen and oxygen atoms in total. The molecule has 0 spiro atoms. The number of guanidine groups is 1. The van der Waals surface area contributed by atoms with Crippen LogP contribution in [-0.2, 0) is 29.0 Å². The van der Waals surface area contributed by atoms with E-state index in [-0.39, 0.29) is 12.2 Å². The SMILES string of the molecule is CCCCOC(=O)NC(CNC(=O)c1cn(CCc2ccccc2)c2cc(CNC3=NCCN3)ccc2c1=O)C(=O)O. The normalized spacial score (nSPS) is 13.1. The zero-order valence-corrected chi connectivity index (χ0v) is 23.5. The van der Waals surface area contributed by atoms with Crippen molar-refractivity contribution in [3.63, 3.8) is 0 Å². The van der Waals surface area contributed by atoms with Crippen molar-refractivity contribution in [1.82, 2.24) is 25.8 Å². The number of amides is 2. The number of nitrogens with zero attached hydrogens (tertiary/aromatic N) is 2. The van der Waals surface area contributed by atoms with Crippen LogP contribution in [-0.4, -0.2) is 65.9 Å². The predicted octanol–water partition coefficient (Wildman–Crippen LogP) is 2.00. The lowest BCUT2D eigenvalue weighted by molar-refractivity contribution is -0.139. The maximum Gasteiger partial charge on any atom is 0.407 e. The quantitative estimate of drug-likeness (QED) is 0.193. The Balaban J connectivity index is 1.56. The number of fused-ring (bicyclic) bond motifs is 1. The number of benzene rings is 2. The van der Waals surface area contributed by atoms with E-state index in [1.807, 2.05) is 54.0 Å². The first-order chi connectivity index (χ1) is 20.4. The summed E-state index contributed by atoms with van der Waals surface area (Å²) in [5.74, 6) is -1.35. The van der Waals surface area contributed by atoms with Gasteiger partial charge in [0.1, 0.15) is 11.6 Å². The molecule has 5 N–H and O–H groups in total. The van der Waals surface area contributed by atoms with Crippen molar-refractivity contribution < 1.29 is 24.2 Å². The van der Waals surface area contributed by atoms with Crippen molar-refractivity contribution >= 4 is 34.8 Å². The summed E-state index contributed by atoms with van der Waals surface area (Å²) in [5, 5.41) is 21.0. The van der Waals surface area contributed by atoms with Crippen LogP contribution in [0.5, 0.6) is 0 Å². The molecule has 3 aromatic rings. The fourth-order valence-corrected chi connectivity index (χ4v) is 4.47. The largest absolute Gasteiger partial charge is 0.480 e. The van der Waals surface area contributed by atoms with Crippen LogP contribution in [0.4, 0.5) is 4.79 Å². The second kappa shape index (κ2) is 14.7. The highest BCUT2D eigenvalue weighted by atomic mass is 16.5. The first-order valence-corrected chi connectivity index (χ1v) is 14.0. The minimum Gasteiger partial charge on any atom is -0.480 e. The van der Waals surface area contributed by atoms with Crippen LogP contribution in [0.2, 0.25) is 0 Å². The number of carbonyl (C=O) groups is 3. The number of ether oxygens (including phenoxy) is 1. The first-order valence-electron chi connectivity index (χ1n) is 14.0. The minimum atomic E-state index is -1.43. The monoisotopic (exact) mass is 576 g/mol. The molecular formula is C30H36N6O6. The smallest absolute Gasteiger partial charge is 0.407 e. The molecule has 1 unspecified atom stereocenters. The Morgan fingerprint density at radius 1 is 1.14 bits per heavy atom. The maximum atomic E-state index is 13.5. The Kier molecular flexibility index (Phi) is 10.5. The van der Waals surface area contributed by atoms with Crippen LogP contribution >= 0.6 is 0 Å². The Hall–Kier alpha value is -4.87. The summed E-state index contributed by atoms with van der Waals surface area (Å²) < 4.78 is 6.83. The second-order valence-corrected chi connectivity index (χ2v) is 9.90. The number of pyridine rings is 1. The highest BCUT2D eigenvalue weighted by Crippen LogP contribution is 2.16. The van der Waals surface area contributed by atoms with Gasteiger partial charge in [-0.05, 0) is 36.1 Å². The van der Waals surface area contributed by atoms with Gasteiger partial charge >= 0.3 is 12.1 Å². The molecule has 222 valence electrons. The molecular weight excluding hydrogens is 540 g/mol. The number of hydrogen-bond donors (Lipinski definition) is 5. The molecule has 0 saturated heterocycles. The third-order valence-electron chi connectivity index (χ3n) is 6.80. The summed E-state index contributed by atoms with van der Waals surface area (Å²) >= 11 is 0. The Morgan fingerprint density at radius 3 is 2.67 bits per heavy atom. The lowest BCUT2D eigenvalue weighted by Crippen LogP contribution is -2.49. The van der Waals surface area contributed by atoms with Crippen LogP contribution in [0.25, 0.3) is 10.9 Å². The fraction of sp³-hybridized carbons (Fsp3) is 0.367. The lowest BCUT2D eigenvalue weighted by atomic mass is 10.1. The van der Waals surface area contributed by atoms with Crippen molar-refractivity contribution in [3.05, 3.63) is 81.6 Å². The highest BCUT2D eigenvalue weighted by molar-refractivity contribution is 5.97. The van der Waals surface area contributed by atoms with Crippen LogP contribution in [0.15, 0.2) is 64.5 Å². The number of alkyl carbamates (subject to hydrolysis) is 1. The first kappa shape index (κ1) is 30.1. The highest BCUT2D eigenvalue weighted by Gasteiger charge is 2.23. The average Bonchev–Trinajstić information content (AvgIpc) is 3.52. The number of nitrogens with one attached hydrogen (secondary N) is 4. The lowest BCUT2D eigenvalue weighted by Gasteiger charge is -2.17. The molecule has 1 aliphatic rings. The molecule has 0 aliphatic carbocycles. The number of aliphatic imine (C=N–C) groups is 1. The van der Waals surface area contributed by atoms with E-state index < -0.39 is 36.0 Å². The summed E-state index contributed by atoms with van der Waals surface area (Å²) in [7, 11) is 0. The zero-order chi connectivity index (χ0) is 29.9. The van der Waals surface area contributed by atoms with Gasteiger partial charge < -0.3 is 35.7 Å². The molecule has 2 heterocycles. The molecule has 1 aromatic heterocycles. The molecule has 0 saturated carbocycles. The van der Waals surface area contributed by atoms with E-state index in [2.05, 4.69) is 26.3 Å². The number of carbonyl (C=O) groups excluding carboxylic acids is 2. The summed E-state index contributed by atoms with van der Waals surface area (Å²) in [6.07, 6.45) is 2.73. The molecule has 2 amide bonds. The second-order valence-electron chi connectivity index (χ2n) is 9.90. The molecule has 1 atom stereocenters. The number of carboxylic acids is 1. The molecule has 2 aromatic carbocycles. The van der Waals surface area contributed by atoms with Crippen molar-refractivity contribution in [1.29, 1.82) is 0 Å². The van der Waals surface area contributed by atoms with E-state index >= 15 is 0 Å². The van der Waals surface area contributed by atoms with Crippen LogP contribution < -0.4 is 26.7 Å². The minimum absolute atomic E-state index is 0.124. The van der Waals surface area contributed by atoms with E-state index in [1.54, 1.807) is 6.07 Å². The predicted molar refractivity (Wildman–Crippen MR) is 159 cm³/mol. The Morgan fingerprint density at radius 2 is 1.95 bits per heavy atom. The van der Waals surface area contributed by atoms with Gasteiger partial charge in [-0.3, -0.25) is 14.6 Å². The average molecular weight is 577 g/mol. The number of carboxylic acid groups (broad SMARTS) is 1. The van der Waals surface area contributed by atoms with E-state index in [0.29, 0.717) is 36.8 Å². The topological polar surface area (TPSA) is 163 Å². The number of aliphatic carboxylic acids is 1. The molecule has 4 rings (SSSR count). The van der Waals surface area contributed by atoms with Crippen molar-refractivity contribution in [2.45, 2.75) is 45.3 Å². The third-order valence-corrected chi connectivity index (χ3v) is 6.80. The number of aryl methyl sites for hydroxylation is 2. The van der Waals surface area contributed by atoms with Gasteiger partial charge in [0.15, 0.2) is 5.96 Å². The van der Waals surface area contributed by atoms with E-state index in [4.69, 9.17) is 4.74 Å². The molecule has 0 bridgehead atoms.